The average molecular weight is 405 g/mol. The van der Waals surface area contributed by atoms with E-state index in [0.717, 1.165) is 18.4 Å². The molecule has 0 saturated carbocycles. The lowest BCUT2D eigenvalue weighted by Crippen LogP contribution is -2.04. The van der Waals surface area contributed by atoms with Crippen LogP contribution in [0.25, 0.3) is 12.2 Å². The summed E-state index contributed by atoms with van der Waals surface area (Å²) in [4.78, 5) is 23.7. The summed E-state index contributed by atoms with van der Waals surface area (Å²) in [6.07, 6.45) is 6.31. The minimum atomic E-state index is -0.734. The van der Waals surface area contributed by atoms with Gasteiger partial charge in [0.15, 0.2) is 0 Å². The first kappa shape index (κ1) is 22.4. The van der Waals surface area contributed by atoms with E-state index in [-0.39, 0.29) is 11.3 Å². The van der Waals surface area contributed by atoms with Crippen LogP contribution in [0.4, 0.5) is 0 Å². The highest BCUT2D eigenvalue weighted by atomic mass is 16.5. The molecule has 0 aromatic heterocycles. The topological polar surface area (TPSA) is 85.6 Å². The Balaban J connectivity index is 2.08. The molecule has 0 bridgehead atoms. The van der Waals surface area contributed by atoms with Crippen LogP contribution in [0.15, 0.2) is 60.2 Å². The van der Waals surface area contributed by atoms with E-state index in [1.54, 1.807) is 36.4 Å². The number of esters is 2. The first-order chi connectivity index (χ1) is 14.6. The Bertz CT molecular complexity index is 985. The molecule has 0 atom stereocenters. The largest absolute Gasteiger partial charge is 0.493 e. The predicted octanol–water partition coefficient (Wildman–Crippen LogP) is 4.56. The van der Waals surface area contributed by atoms with Crippen molar-refractivity contribution in [2.24, 2.45) is 0 Å². The fraction of sp³-hybridized carbons (Fsp3) is 0.208. The number of ether oxygens (including phenoxy) is 3. The minimum Gasteiger partial charge on any atom is -0.493 e. The van der Waals surface area contributed by atoms with Crippen molar-refractivity contribution in [1.82, 2.24) is 0 Å². The lowest BCUT2D eigenvalue weighted by Gasteiger charge is -2.08. The van der Waals surface area contributed by atoms with Crippen LogP contribution in [0.2, 0.25) is 0 Å². The van der Waals surface area contributed by atoms with E-state index in [1.807, 2.05) is 24.3 Å². The first-order valence-corrected chi connectivity index (χ1v) is 9.49. The zero-order valence-electron chi connectivity index (χ0n) is 17.0. The number of carbonyl (C=O) groups is 2. The highest BCUT2D eigenvalue weighted by molar-refractivity contribution is 5.97. The smallest absolute Gasteiger partial charge is 0.348 e. The molecule has 0 amide bonds. The van der Waals surface area contributed by atoms with Crippen LogP contribution >= 0.6 is 0 Å². The van der Waals surface area contributed by atoms with Crippen molar-refractivity contribution in [1.29, 1.82) is 5.26 Å². The van der Waals surface area contributed by atoms with E-state index >= 15 is 0 Å². The van der Waals surface area contributed by atoms with Crippen LogP contribution in [0.1, 0.15) is 30.9 Å². The monoisotopic (exact) mass is 405 g/mol. The van der Waals surface area contributed by atoms with Crippen LogP contribution in [0.5, 0.6) is 11.5 Å². The number of methoxy groups -OCH3 is 1. The van der Waals surface area contributed by atoms with Crippen molar-refractivity contribution in [3.63, 3.8) is 0 Å². The van der Waals surface area contributed by atoms with Crippen molar-refractivity contribution in [3.8, 4) is 17.6 Å². The number of nitrogens with zero attached hydrogens (tertiary/aromatic N) is 1. The van der Waals surface area contributed by atoms with E-state index < -0.39 is 11.9 Å². The van der Waals surface area contributed by atoms with Crippen LogP contribution in [-0.2, 0) is 14.3 Å². The number of para-hydroxylation sites is 1. The van der Waals surface area contributed by atoms with Crippen LogP contribution in [0, 0.1) is 11.3 Å². The Kier molecular flexibility index (Phi) is 8.88. The van der Waals surface area contributed by atoms with Crippen LogP contribution in [-0.4, -0.2) is 25.7 Å². The second kappa shape index (κ2) is 11.9. The highest BCUT2D eigenvalue weighted by Gasteiger charge is 2.09. The number of benzene rings is 2. The summed E-state index contributed by atoms with van der Waals surface area (Å²) in [7, 11) is 1.20. The molecular formula is C24H23NO5. The van der Waals surface area contributed by atoms with Gasteiger partial charge in [0.05, 0.1) is 13.7 Å². The van der Waals surface area contributed by atoms with E-state index in [2.05, 4.69) is 11.7 Å². The van der Waals surface area contributed by atoms with Crippen molar-refractivity contribution >= 4 is 24.1 Å². The SMILES string of the molecule is CCCCOc1ccccc1/C=C/C(=O)Oc1cccc(/C=C(\C#N)C(=O)OC)c1. The van der Waals surface area contributed by atoms with Gasteiger partial charge in [0.25, 0.3) is 0 Å². The number of unbranched alkanes of at least 4 members (excludes halogenated alkanes) is 1. The highest BCUT2D eigenvalue weighted by Crippen LogP contribution is 2.21. The van der Waals surface area contributed by atoms with Crippen molar-refractivity contribution in [2.45, 2.75) is 19.8 Å². The maximum absolute atomic E-state index is 12.2. The molecule has 30 heavy (non-hydrogen) atoms. The Morgan fingerprint density at radius 1 is 1.13 bits per heavy atom. The van der Waals surface area contributed by atoms with Crippen molar-refractivity contribution in [3.05, 3.63) is 71.3 Å². The molecule has 0 unspecified atom stereocenters. The minimum absolute atomic E-state index is 0.152. The molecule has 0 fully saturated rings. The average Bonchev–Trinajstić information content (AvgIpc) is 2.76. The molecule has 0 spiro atoms. The molecule has 154 valence electrons. The Hall–Kier alpha value is -3.85. The van der Waals surface area contributed by atoms with Gasteiger partial charge in [-0.25, -0.2) is 9.59 Å². The molecule has 0 aliphatic heterocycles. The quantitative estimate of drug-likeness (QED) is 0.200. The van der Waals surface area contributed by atoms with E-state index in [0.29, 0.717) is 17.9 Å². The molecule has 2 aromatic carbocycles. The lowest BCUT2D eigenvalue weighted by atomic mass is 10.1. The molecule has 0 N–H and O–H groups in total. The van der Waals surface area contributed by atoms with Gasteiger partial charge in [-0.1, -0.05) is 43.7 Å². The second-order valence-electron chi connectivity index (χ2n) is 6.23. The summed E-state index contributed by atoms with van der Waals surface area (Å²) in [5.41, 5.74) is 1.15. The van der Waals surface area contributed by atoms with Crippen LogP contribution < -0.4 is 9.47 Å². The number of carbonyl (C=O) groups excluding carboxylic acids is 2. The standard InChI is InChI=1S/C24H23NO5/c1-3-4-14-29-22-11-6-5-9-19(22)12-13-23(26)30-21-10-7-8-18(16-21)15-20(17-25)24(27)28-2/h5-13,15-16H,3-4,14H2,1-2H3/b13-12+,20-15+. The van der Waals surface area contributed by atoms with Gasteiger partial charge in [-0.2, -0.15) is 5.26 Å². The molecule has 0 heterocycles. The third kappa shape index (κ3) is 6.95. The zero-order valence-corrected chi connectivity index (χ0v) is 17.0. The van der Waals surface area contributed by atoms with Gasteiger partial charge < -0.3 is 14.2 Å². The number of hydrogen-bond acceptors (Lipinski definition) is 6. The lowest BCUT2D eigenvalue weighted by molar-refractivity contribution is -0.135. The van der Waals surface area contributed by atoms with Gasteiger partial charge >= 0.3 is 11.9 Å². The Morgan fingerprint density at radius 3 is 2.67 bits per heavy atom. The van der Waals surface area contributed by atoms with E-state index in [4.69, 9.17) is 14.7 Å². The van der Waals surface area contributed by atoms with Gasteiger partial charge in [0, 0.05) is 11.6 Å². The third-order valence-electron chi connectivity index (χ3n) is 3.99. The Morgan fingerprint density at radius 2 is 1.93 bits per heavy atom. The summed E-state index contributed by atoms with van der Waals surface area (Å²) in [5, 5.41) is 9.05. The van der Waals surface area contributed by atoms with Gasteiger partial charge in [0.1, 0.15) is 23.1 Å². The van der Waals surface area contributed by atoms with Gasteiger partial charge in [-0.05, 0) is 42.3 Å². The summed E-state index contributed by atoms with van der Waals surface area (Å²) in [6.45, 7) is 2.70. The number of rotatable bonds is 9. The summed E-state index contributed by atoms with van der Waals surface area (Å²) >= 11 is 0. The molecule has 6 nitrogen and oxygen atoms in total. The van der Waals surface area contributed by atoms with E-state index in [1.165, 1.54) is 19.3 Å². The van der Waals surface area contributed by atoms with E-state index in [9.17, 15) is 9.59 Å². The number of nitriles is 1. The third-order valence-corrected chi connectivity index (χ3v) is 3.99. The normalized spacial score (nSPS) is 11.0. The molecule has 0 aliphatic carbocycles. The summed E-state index contributed by atoms with van der Waals surface area (Å²) < 4.78 is 15.6. The fourth-order valence-electron chi connectivity index (χ4n) is 2.47. The first-order valence-electron chi connectivity index (χ1n) is 9.49. The predicted molar refractivity (Wildman–Crippen MR) is 114 cm³/mol. The maximum Gasteiger partial charge on any atom is 0.348 e. The maximum atomic E-state index is 12.2. The van der Waals surface area contributed by atoms with Crippen molar-refractivity contribution < 1.29 is 23.8 Å². The molecule has 6 heteroatoms. The molecular weight excluding hydrogens is 382 g/mol. The van der Waals surface area contributed by atoms with Crippen LogP contribution in [0.3, 0.4) is 0 Å². The number of hydrogen-bond donors (Lipinski definition) is 0. The molecule has 0 radical (unpaired) electrons. The molecule has 2 rings (SSSR count). The van der Waals surface area contributed by atoms with Gasteiger partial charge in [-0.15, -0.1) is 0 Å². The molecule has 2 aromatic rings. The summed E-state index contributed by atoms with van der Waals surface area (Å²) in [6, 6.07) is 15.7. The van der Waals surface area contributed by atoms with Gasteiger partial charge in [0.2, 0.25) is 0 Å². The second-order valence-corrected chi connectivity index (χ2v) is 6.23. The molecule has 0 saturated heterocycles. The Labute approximate surface area is 176 Å². The van der Waals surface area contributed by atoms with Crippen molar-refractivity contribution in [2.75, 3.05) is 13.7 Å². The van der Waals surface area contributed by atoms with Gasteiger partial charge in [-0.3, -0.25) is 0 Å². The zero-order chi connectivity index (χ0) is 21.8. The summed E-state index contributed by atoms with van der Waals surface area (Å²) in [5.74, 6) is -0.308. The molecule has 0 aliphatic rings. The fourth-order valence-corrected chi connectivity index (χ4v) is 2.47.